The maximum absolute atomic E-state index is 11.6. The first-order valence-electron chi connectivity index (χ1n) is 5.88. The molecule has 1 aliphatic heterocycles. The lowest BCUT2D eigenvalue weighted by Gasteiger charge is -2.27. The molecule has 0 aromatic heterocycles. The molecule has 1 aliphatic rings. The maximum atomic E-state index is 11.6. The van der Waals surface area contributed by atoms with Crippen LogP contribution >= 0.6 is 0 Å². The number of carbonyl (C=O) groups is 1. The van der Waals surface area contributed by atoms with E-state index in [0.717, 1.165) is 19.3 Å². The van der Waals surface area contributed by atoms with Gasteiger partial charge in [-0.25, -0.2) is 4.79 Å². The van der Waals surface area contributed by atoms with E-state index in [1.165, 1.54) is 0 Å². The zero-order chi connectivity index (χ0) is 12.2. The van der Waals surface area contributed by atoms with Crippen LogP contribution < -0.4 is 0 Å². The van der Waals surface area contributed by atoms with Crippen molar-refractivity contribution in [1.82, 2.24) is 0 Å². The van der Waals surface area contributed by atoms with Crippen LogP contribution in [0.25, 0.3) is 0 Å². The highest BCUT2D eigenvalue weighted by molar-refractivity contribution is 5.74. The van der Waals surface area contributed by atoms with Crippen LogP contribution in [0.3, 0.4) is 0 Å². The zero-order valence-corrected chi connectivity index (χ0v) is 10.6. The number of hydrogen-bond donors (Lipinski definition) is 0. The Morgan fingerprint density at radius 3 is 2.56 bits per heavy atom. The predicted octanol–water partition coefficient (Wildman–Crippen LogP) is 2.26. The van der Waals surface area contributed by atoms with Crippen molar-refractivity contribution < 1.29 is 19.0 Å². The van der Waals surface area contributed by atoms with Crippen molar-refractivity contribution in [2.45, 2.75) is 65.0 Å². The second kappa shape index (κ2) is 5.64. The molecule has 1 fully saturated rings. The molecule has 1 rings (SSSR count). The van der Waals surface area contributed by atoms with Gasteiger partial charge < -0.3 is 14.2 Å². The number of hydrogen-bond acceptors (Lipinski definition) is 4. The van der Waals surface area contributed by atoms with Crippen LogP contribution in [0.1, 0.15) is 47.0 Å². The summed E-state index contributed by atoms with van der Waals surface area (Å²) in [5.74, 6) is -0.332. The lowest BCUT2D eigenvalue weighted by Crippen LogP contribution is -2.35. The first-order valence-corrected chi connectivity index (χ1v) is 5.88. The van der Waals surface area contributed by atoms with Crippen LogP contribution in [0.4, 0.5) is 0 Å². The number of esters is 1. The average Bonchev–Trinajstić information content (AvgIpc) is 2.16. The van der Waals surface area contributed by atoms with Crippen molar-refractivity contribution in [3.63, 3.8) is 0 Å². The fourth-order valence-electron chi connectivity index (χ4n) is 1.49. The molecule has 0 unspecified atom stereocenters. The maximum Gasteiger partial charge on any atom is 0.335 e. The molecule has 0 aromatic rings. The summed E-state index contributed by atoms with van der Waals surface area (Å²) in [4.78, 5) is 11.6. The van der Waals surface area contributed by atoms with Crippen molar-refractivity contribution in [2.75, 3.05) is 6.61 Å². The van der Waals surface area contributed by atoms with E-state index in [1.807, 2.05) is 20.8 Å². The summed E-state index contributed by atoms with van der Waals surface area (Å²) in [5, 5.41) is 0. The highest BCUT2D eigenvalue weighted by Crippen LogP contribution is 2.17. The molecule has 2 atom stereocenters. The summed E-state index contributed by atoms with van der Waals surface area (Å²) >= 11 is 0. The Kier molecular flexibility index (Phi) is 4.74. The highest BCUT2D eigenvalue weighted by atomic mass is 16.7. The molecule has 0 saturated carbocycles. The molecule has 4 heteroatoms. The van der Waals surface area contributed by atoms with Gasteiger partial charge in [0, 0.05) is 6.61 Å². The molecule has 0 radical (unpaired) electrons. The van der Waals surface area contributed by atoms with Gasteiger partial charge in [0.15, 0.2) is 12.4 Å². The summed E-state index contributed by atoms with van der Waals surface area (Å²) in [6, 6.07) is 0. The van der Waals surface area contributed by atoms with Crippen molar-refractivity contribution in [3.05, 3.63) is 0 Å². The third-order valence-corrected chi connectivity index (χ3v) is 2.23. The summed E-state index contributed by atoms with van der Waals surface area (Å²) in [6.07, 6.45) is 2.19. The second-order valence-electron chi connectivity index (χ2n) is 5.11. The Labute approximate surface area is 97.2 Å². The molecular formula is C12H22O4. The Balaban J connectivity index is 2.33. The summed E-state index contributed by atoms with van der Waals surface area (Å²) in [5.41, 5.74) is -0.470. The largest absolute Gasteiger partial charge is 0.458 e. The SMILES string of the molecule is C[C@H](O[C@@H]1CCCCO1)C(=O)OC(C)(C)C. The van der Waals surface area contributed by atoms with Gasteiger partial charge in [0.2, 0.25) is 0 Å². The van der Waals surface area contributed by atoms with E-state index in [2.05, 4.69) is 0 Å². The van der Waals surface area contributed by atoms with E-state index in [-0.39, 0.29) is 12.3 Å². The minimum atomic E-state index is -0.567. The van der Waals surface area contributed by atoms with Gasteiger partial charge in [-0.2, -0.15) is 0 Å². The molecule has 0 bridgehead atoms. The van der Waals surface area contributed by atoms with Crippen molar-refractivity contribution in [1.29, 1.82) is 0 Å². The van der Waals surface area contributed by atoms with Crippen molar-refractivity contribution in [2.24, 2.45) is 0 Å². The molecule has 0 spiro atoms. The Bertz CT molecular complexity index is 226. The molecule has 0 N–H and O–H groups in total. The minimum Gasteiger partial charge on any atom is -0.458 e. The highest BCUT2D eigenvalue weighted by Gasteiger charge is 2.26. The van der Waals surface area contributed by atoms with Crippen LogP contribution in [0.5, 0.6) is 0 Å². The van der Waals surface area contributed by atoms with Gasteiger partial charge in [-0.05, 0) is 47.0 Å². The first-order chi connectivity index (χ1) is 7.38. The number of carbonyl (C=O) groups excluding carboxylic acids is 1. The molecule has 4 nitrogen and oxygen atoms in total. The first kappa shape index (κ1) is 13.5. The standard InChI is InChI=1S/C12H22O4/c1-9(11(13)16-12(2,3)4)15-10-7-5-6-8-14-10/h9-10H,5-8H2,1-4H3/t9-,10+/m0/s1. The van der Waals surface area contributed by atoms with Crippen LogP contribution in [0.2, 0.25) is 0 Å². The molecule has 1 saturated heterocycles. The van der Waals surface area contributed by atoms with Crippen molar-refractivity contribution in [3.8, 4) is 0 Å². The van der Waals surface area contributed by atoms with Crippen LogP contribution in [-0.4, -0.2) is 30.6 Å². The van der Waals surface area contributed by atoms with Crippen molar-refractivity contribution >= 4 is 5.97 Å². The van der Waals surface area contributed by atoms with E-state index in [4.69, 9.17) is 14.2 Å². The topological polar surface area (TPSA) is 44.8 Å². The molecule has 0 aromatic carbocycles. The van der Waals surface area contributed by atoms with Gasteiger partial charge in [0.05, 0.1) is 0 Å². The fourth-order valence-corrected chi connectivity index (χ4v) is 1.49. The van der Waals surface area contributed by atoms with Crippen LogP contribution in [0.15, 0.2) is 0 Å². The van der Waals surface area contributed by atoms with E-state index in [1.54, 1.807) is 6.92 Å². The summed E-state index contributed by atoms with van der Waals surface area (Å²) in [6.45, 7) is 7.94. The third-order valence-electron chi connectivity index (χ3n) is 2.23. The molecule has 94 valence electrons. The molecular weight excluding hydrogens is 208 g/mol. The summed E-state index contributed by atoms with van der Waals surface area (Å²) < 4.78 is 16.1. The monoisotopic (exact) mass is 230 g/mol. The Morgan fingerprint density at radius 2 is 2.06 bits per heavy atom. The molecule has 16 heavy (non-hydrogen) atoms. The van der Waals surface area contributed by atoms with E-state index in [9.17, 15) is 4.79 Å². The number of ether oxygens (including phenoxy) is 3. The van der Waals surface area contributed by atoms with Gasteiger partial charge in [-0.15, -0.1) is 0 Å². The van der Waals surface area contributed by atoms with Gasteiger partial charge in [-0.1, -0.05) is 0 Å². The zero-order valence-electron chi connectivity index (χ0n) is 10.6. The predicted molar refractivity (Wildman–Crippen MR) is 60.0 cm³/mol. The number of rotatable bonds is 3. The Hall–Kier alpha value is -0.610. The van der Waals surface area contributed by atoms with E-state index < -0.39 is 11.7 Å². The van der Waals surface area contributed by atoms with E-state index in [0.29, 0.717) is 6.61 Å². The van der Waals surface area contributed by atoms with Gasteiger partial charge in [-0.3, -0.25) is 0 Å². The second-order valence-corrected chi connectivity index (χ2v) is 5.11. The summed E-state index contributed by atoms with van der Waals surface area (Å²) in [7, 11) is 0. The quantitative estimate of drug-likeness (QED) is 0.698. The minimum absolute atomic E-state index is 0.253. The van der Waals surface area contributed by atoms with Gasteiger partial charge >= 0.3 is 5.97 Å². The van der Waals surface area contributed by atoms with Crippen LogP contribution in [0, 0.1) is 0 Å². The molecule has 0 amide bonds. The lowest BCUT2D eigenvalue weighted by atomic mass is 10.2. The van der Waals surface area contributed by atoms with E-state index >= 15 is 0 Å². The normalized spacial score (nSPS) is 23.9. The fraction of sp³-hybridized carbons (Fsp3) is 0.917. The van der Waals surface area contributed by atoms with Crippen LogP contribution in [-0.2, 0) is 19.0 Å². The average molecular weight is 230 g/mol. The third kappa shape index (κ3) is 4.94. The Morgan fingerprint density at radius 1 is 1.38 bits per heavy atom. The van der Waals surface area contributed by atoms with Gasteiger partial charge in [0.25, 0.3) is 0 Å². The smallest absolute Gasteiger partial charge is 0.335 e. The molecule has 0 aliphatic carbocycles. The lowest BCUT2D eigenvalue weighted by molar-refractivity contribution is -0.206. The van der Waals surface area contributed by atoms with Gasteiger partial charge in [0.1, 0.15) is 5.60 Å². The molecule has 1 heterocycles.